The van der Waals surface area contributed by atoms with Crippen molar-refractivity contribution in [1.29, 1.82) is 0 Å². The molecule has 256 valence electrons. The van der Waals surface area contributed by atoms with E-state index in [2.05, 4.69) is 5.32 Å². The van der Waals surface area contributed by atoms with Gasteiger partial charge in [0.25, 0.3) is 0 Å². The van der Waals surface area contributed by atoms with Crippen molar-refractivity contribution in [2.24, 2.45) is 0 Å². The van der Waals surface area contributed by atoms with E-state index in [0.717, 1.165) is 79.6 Å². The maximum absolute atomic E-state index is 13.0. The lowest BCUT2D eigenvalue weighted by molar-refractivity contribution is -0.143. The Morgan fingerprint density at radius 1 is 0.702 bits per heavy atom. The number of hydrogen-bond donors (Lipinski definition) is 2. The highest BCUT2D eigenvalue weighted by molar-refractivity contribution is 5.76. The average molecular weight is 648 g/mol. The summed E-state index contributed by atoms with van der Waals surface area (Å²) in [7, 11) is 3.27. The number of ether oxygens (including phenoxy) is 4. The minimum Gasteiger partial charge on any atom is -0.497 e. The maximum atomic E-state index is 13.0. The number of carbonyl (C=O) groups is 2. The topological polar surface area (TPSA) is 103 Å². The molecule has 0 aliphatic heterocycles. The molecule has 0 aliphatic carbocycles. The summed E-state index contributed by atoms with van der Waals surface area (Å²) in [6.45, 7) is 4.01. The third-order valence-electron chi connectivity index (χ3n) is 8.42. The number of amides is 1. The molecule has 0 saturated carbocycles. The fraction of sp³-hybridized carbons (Fsp3) is 0.487. The van der Waals surface area contributed by atoms with Gasteiger partial charge < -0.3 is 29.4 Å². The molecule has 3 aromatic carbocycles. The van der Waals surface area contributed by atoms with Crippen LogP contribution in [-0.2, 0) is 24.7 Å². The molecule has 0 fully saturated rings. The number of benzene rings is 3. The number of carbonyl (C=O) groups excluding carboxylic acids is 2. The fourth-order valence-corrected chi connectivity index (χ4v) is 5.72. The Hall–Kier alpha value is -3.88. The number of esters is 1. The van der Waals surface area contributed by atoms with E-state index in [4.69, 9.17) is 18.9 Å². The van der Waals surface area contributed by atoms with E-state index < -0.39 is 17.7 Å². The largest absolute Gasteiger partial charge is 0.497 e. The standard InChI is InChI=1S/C39H53NO7/c1-5-46-38(43)20-16-11-9-7-6-8-10-15-19-37(42)40-36(30(2)41)29-47-39(31-17-13-12-14-18-31,32-21-25-34(44-3)26-22-32)33-23-27-35(45-4)28-24-33/h12-14,17-18,21-28,30,36,41H,5-11,15-16,19-20,29H2,1-4H3,(H,40,42)/t30-,36-/m1/s1. The van der Waals surface area contributed by atoms with Gasteiger partial charge in [-0.15, -0.1) is 0 Å². The van der Waals surface area contributed by atoms with Crippen molar-refractivity contribution in [3.8, 4) is 11.5 Å². The van der Waals surface area contributed by atoms with Gasteiger partial charge in [-0.1, -0.05) is 93.1 Å². The van der Waals surface area contributed by atoms with E-state index in [1.54, 1.807) is 21.1 Å². The predicted octanol–water partition coefficient (Wildman–Crippen LogP) is 7.34. The van der Waals surface area contributed by atoms with Crippen LogP contribution in [0.3, 0.4) is 0 Å². The summed E-state index contributed by atoms with van der Waals surface area (Å²) in [6.07, 6.45) is 8.14. The third kappa shape index (κ3) is 11.7. The zero-order chi connectivity index (χ0) is 33.9. The minimum atomic E-state index is -1.05. The second-order valence-corrected chi connectivity index (χ2v) is 11.9. The van der Waals surface area contributed by atoms with Crippen molar-refractivity contribution in [1.82, 2.24) is 5.32 Å². The summed E-state index contributed by atoms with van der Waals surface area (Å²) in [5.41, 5.74) is 1.62. The second kappa shape index (κ2) is 20.4. The van der Waals surface area contributed by atoms with Crippen molar-refractivity contribution in [2.45, 2.75) is 95.8 Å². The molecule has 0 aromatic heterocycles. The van der Waals surface area contributed by atoms with E-state index in [0.29, 0.717) is 19.4 Å². The Morgan fingerprint density at radius 2 is 1.17 bits per heavy atom. The molecule has 0 spiro atoms. The highest BCUT2D eigenvalue weighted by Gasteiger charge is 2.39. The first kappa shape index (κ1) is 37.6. The smallest absolute Gasteiger partial charge is 0.305 e. The number of unbranched alkanes of at least 4 members (excludes halogenated alkanes) is 7. The van der Waals surface area contributed by atoms with Gasteiger partial charge in [0.15, 0.2) is 0 Å². The Labute approximate surface area is 280 Å². The third-order valence-corrected chi connectivity index (χ3v) is 8.42. The molecule has 0 radical (unpaired) electrons. The summed E-state index contributed by atoms with van der Waals surface area (Å²) >= 11 is 0. The van der Waals surface area contributed by atoms with E-state index >= 15 is 0 Å². The van der Waals surface area contributed by atoms with Crippen LogP contribution >= 0.6 is 0 Å². The fourth-order valence-electron chi connectivity index (χ4n) is 5.72. The highest BCUT2D eigenvalue weighted by Crippen LogP contribution is 2.41. The first-order valence-electron chi connectivity index (χ1n) is 17.0. The monoisotopic (exact) mass is 647 g/mol. The lowest BCUT2D eigenvalue weighted by Crippen LogP contribution is -2.47. The van der Waals surface area contributed by atoms with Crippen LogP contribution in [0, 0.1) is 0 Å². The number of hydrogen-bond acceptors (Lipinski definition) is 7. The van der Waals surface area contributed by atoms with Crippen LogP contribution in [0.5, 0.6) is 11.5 Å². The highest BCUT2D eigenvalue weighted by atomic mass is 16.5. The molecule has 1 amide bonds. The molecule has 0 aliphatic rings. The van der Waals surface area contributed by atoms with Crippen molar-refractivity contribution in [3.05, 3.63) is 95.6 Å². The van der Waals surface area contributed by atoms with Crippen molar-refractivity contribution < 1.29 is 33.6 Å². The van der Waals surface area contributed by atoms with Gasteiger partial charge in [0.1, 0.15) is 17.1 Å². The van der Waals surface area contributed by atoms with Crippen molar-refractivity contribution in [3.63, 3.8) is 0 Å². The van der Waals surface area contributed by atoms with Crippen LogP contribution in [-0.4, -0.2) is 56.6 Å². The van der Waals surface area contributed by atoms with Crippen LogP contribution in [0.15, 0.2) is 78.9 Å². The lowest BCUT2D eigenvalue weighted by atomic mass is 9.80. The Balaban J connectivity index is 1.63. The summed E-state index contributed by atoms with van der Waals surface area (Å²) < 4.78 is 22.7. The predicted molar refractivity (Wildman–Crippen MR) is 185 cm³/mol. The average Bonchev–Trinajstić information content (AvgIpc) is 3.09. The molecule has 3 rings (SSSR count). The SMILES string of the molecule is CCOC(=O)CCCCCCCCCCC(=O)N[C@H](COC(c1ccccc1)(c1ccc(OC)cc1)c1ccc(OC)cc1)[C@@H](C)O. The van der Waals surface area contributed by atoms with Gasteiger partial charge in [-0.3, -0.25) is 9.59 Å². The Bertz CT molecular complexity index is 1260. The number of aliphatic hydroxyl groups is 1. The molecule has 2 N–H and O–H groups in total. The number of nitrogens with one attached hydrogen (secondary N) is 1. The molecule has 3 aromatic rings. The second-order valence-electron chi connectivity index (χ2n) is 11.9. The van der Waals surface area contributed by atoms with E-state index in [1.165, 1.54) is 0 Å². The summed E-state index contributed by atoms with van der Waals surface area (Å²) in [6, 6.07) is 24.9. The molecule has 0 saturated heterocycles. The molecule has 8 nitrogen and oxygen atoms in total. The van der Waals surface area contributed by atoms with Gasteiger partial charge in [0, 0.05) is 12.8 Å². The van der Waals surface area contributed by atoms with Crippen LogP contribution in [0.25, 0.3) is 0 Å². The molecule has 0 unspecified atom stereocenters. The number of methoxy groups -OCH3 is 2. The van der Waals surface area contributed by atoms with E-state index in [1.807, 2.05) is 85.8 Å². The molecule has 0 heterocycles. The van der Waals surface area contributed by atoms with Crippen LogP contribution in [0.4, 0.5) is 0 Å². The van der Waals surface area contributed by atoms with E-state index in [-0.39, 0.29) is 18.5 Å². The zero-order valence-corrected chi connectivity index (χ0v) is 28.5. The summed E-state index contributed by atoms with van der Waals surface area (Å²) in [5, 5.41) is 13.8. The molecular weight excluding hydrogens is 594 g/mol. The lowest BCUT2D eigenvalue weighted by Gasteiger charge is -2.37. The quantitative estimate of drug-likeness (QED) is 0.0668. The summed E-state index contributed by atoms with van der Waals surface area (Å²) in [5.74, 6) is 1.24. The van der Waals surface area contributed by atoms with Crippen molar-refractivity contribution >= 4 is 11.9 Å². The van der Waals surface area contributed by atoms with Gasteiger partial charge in [0.05, 0.1) is 39.6 Å². The molecule has 0 bridgehead atoms. The first-order valence-corrected chi connectivity index (χ1v) is 17.0. The number of aliphatic hydroxyl groups excluding tert-OH is 1. The van der Waals surface area contributed by atoms with Gasteiger partial charge in [-0.2, -0.15) is 0 Å². The van der Waals surface area contributed by atoms with Crippen LogP contribution < -0.4 is 14.8 Å². The zero-order valence-electron chi connectivity index (χ0n) is 28.5. The molecule has 2 atom stereocenters. The minimum absolute atomic E-state index is 0.0759. The van der Waals surface area contributed by atoms with E-state index in [9.17, 15) is 14.7 Å². The Kier molecular flexibility index (Phi) is 16.3. The van der Waals surface area contributed by atoms with Gasteiger partial charge in [-0.05, 0) is 67.6 Å². The van der Waals surface area contributed by atoms with Crippen LogP contribution in [0.1, 0.15) is 94.7 Å². The van der Waals surface area contributed by atoms with Gasteiger partial charge in [-0.25, -0.2) is 0 Å². The molecular formula is C39H53NO7. The summed E-state index contributed by atoms with van der Waals surface area (Å²) in [4.78, 5) is 24.4. The normalized spacial score (nSPS) is 12.6. The van der Waals surface area contributed by atoms with Gasteiger partial charge in [0.2, 0.25) is 5.91 Å². The Morgan fingerprint density at radius 3 is 1.64 bits per heavy atom. The van der Waals surface area contributed by atoms with Crippen LogP contribution in [0.2, 0.25) is 0 Å². The molecule has 47 heavy (non-hydrogen) atoms. The first-order chi connectivity index (χ1) is 22.8. The molecule has 8 heteroatoms. The van der Waals surface area contributed by atoms with Crippen molar-refractivity contribution in [2.75, 3.05) is 27.4 Å². The maximum Gasteiger partial charge on any atom is 0.305 e. The van der Waals surface area contributed by atoms with Gasteiger partial charge >= 0.3 is 5.97 Å². The number of rotatable bonds is 22.